The van der Waals surface area contributed by atoms with E-state index in [1.807, 2.05) is 24.8 Å². The molecule has 1 aromatic carbocycles. The van der Waals surface area contributed by atoms with Crippen LogP contribution in [0.5, 0.6) is 5.75 Å². The molecule has 0 spiro atoms. The molecule has 2 fully saturated rings. The van der Waals surface area contributed by atoms with E-state index in [-0.39, 0.29) is 37.9 Å². The van der Waals surface area contributed by atoms with E-state index >= 15 is 0 Å². The molecule has 2 saturated heterocycles. The Hall–Kier alpha value is -2.69. The summed E-state index contributed by atoms with van der Waals surface area (Å²) in [7, 11) is 2.05. The van der Waals surface area contributed by atoms with Gasteiger partial charge in [-0.05, 0) is 51.6 Å². The van der Waals surface area contributed by atoms with E-state index in [1.165, 1.54) is 0 Å². The maximum absolute atomic E-state index is 13.3. The Bertz CT molecular complexity index is 1100. The predicted octanol–water partition coefficient (Wildman–Crippen LogP) is 1.70. The summed E-state index contributed by atoms with van der Waals surface area (Å²) in [4.78, 5) is 36.7. The molecule has 0 aliphatic carbocycles. The lowest BCUT2D eigenvalue weighted by atomic mass is 9.96. The van der Waals surface area contributed by atoms with E-state index < -0.39 is 5.60 Å². The van der Waals surface area contributed by atoms with Crippen LogP contribution in [0.25, 0.3) is 0 Å². The number of hydrogen-bond donors (Lipinski definition) is 0. The number of benzene rings is 1. The molecule has 0 radical (unpaired) electrons. The third-order valence-corrected chi connectivity index (χ3v) is 7.23. The van der Waals surface area contributed by atoms with Crippen molar-refractivity contribution in [1.82, 2.24) is 29.5 Å². The van der Waals surface area contributed by atoms with Gasteiger partial charge >= 0.3 is 0 Å². The number of ether oxygens (including phenoxy) is 2. The molecule has 0 bridgehead atoms. The molecule has 1 atom stereocenters. The second-order valence-corrected chi connectivity index (χ2v) is 10.2. The van der Waals surface area contributed by atoms with Gasteiger partial charge in [0.2, 0.25) is 11.8 Å². The largest absolute Gasteiger partial charge is 0.490 e. The van der Waals surface area contributed by atoms with Crippen LogP contribution in [0.3, 0.4) is 0 Å². The molecule has 4 rings (SSSR count). The molecule has 2 aliphatic heterocycles. The topological polar surface area (TPSA) is 93.0 Å². The lowest BCUT2D eigenvalue weighted by Gasteiger charge is -2.43. The number of rotatable bonds is 7. The Labute approximate surface area is 217 Å². The number of hydrogen-bond acceptors (Lipinski definition) is 7. The molecular formula is C25H35ClN6O4. The maximum atomic E-state index is 13.3. The fourth-order valence-electron chi connectivity index (χ4n) is 4.61. The third kappa shape index (κ3) is 6.35. The van der Waals surface area contributed by atoms with Crippen LogP contribution in [0, 0.1) is 20.8 Å². The first-order valence-corrected chi connectivity index (χ1v) is 12.7. The van der Waals surface area contributed by atoms with Crippen molar-refractivity contribution in [3.8, 4) is 5.75 Å². The monoisotopic (exact) mass is 518 g/mol. The zero-order chi connectivity index (χ0) is 25.9. The van der Waals surface area contributed by atoms with Gasteiger partial charge in [-0.1, -0.05) is 11.6 Å². The number of amides is 2. The van der Waals surface area contributed by atoms with Gasteiger partial charge < -0.3 is 24.2 Å². The minimum atomic E-state index is -0.963. The third-order valence-electron chi connectivity index (χ3n) is 6.81. The number of carbonyl (C=O) groups excluding carboxylic acids is 2. The Balaban J connectivity index is 1.50. The van der Waals surface area contributed by atoms with Crippen LogP contribution >= 0.6 is 11.6 Å². The van der Waals surface area contributed by atoms with Crippen molar-refractivity contribution in [2.75, 3.05) is 59.5 Å². The number of aryl methyl sites for hydroxylation is 3. The van der Waals surface area contributed by atoms with Gasteiger partial charge in [-0.25, -0.2) is 9.67 Å². The summed E-state index contributed by atoms with van der Waals surface area (Å²) in [5, 5.41) is 4.97. The summed E-state index contributed by atoms with van der Waals surface area (Å²) < 4.78 is 14.0. The van der Waals surface area contributed by atoms with Crippen LogP contribution in [-0.4, -0.2) is 106 Å². The van der Waals surface area contributed by atoms with Gasteiger partial charge in [0, 0.05) is 37.7 Å². The second kappa shape index (κ2) is 11.1. The van der Waals surface area contributed by atoms with Crippen LogP contribution in [0.2, 0.25) is 5.02 Å². The van der Waals surface area contributed by atoms with Crippen molar-refractivity contribution < 1.29 is 19.1 Å². The highest BCUT2D eigenvalue weighted by atomic mass is 35.5. The Morgan fingerprint density at radius 1 is 1.08 bits per heavy atom. The minimum Gasteiger partial charge on any atom is -0.490 e. The van der Waals surface area contributed by atoms with E-state index in [4.69, 9.17) is 21.1 Å². The molecule has 3 heterocycles. The van der Waals surface area contributed by atoms with Crippen LogP contribution in [0.4, 0.5) is 0 Å². The molecule has 10 nitrogen and oxygen atoms in total. The molecule has 2 amide bonds. The molecule has 2 aromatic rings. The first-order valence-electron chi connectivity index (χ1n) is 12.3. The van der Waals surface area contributed by atoms with E-state index in [1.54, 1.807) is 28.6 Å². The molecular weight excluding hydrogens is 484 g/mol. The van der Waals surface area contributed by atoms with E-state index in [9.17, 15) is 9.59 Å². The molecule has 2 aliphatic rings. The van der Waals surface area contributed by atoms with Crippen molar-refractivity contribution in [3.63, 3.8) is 0 Å². The van der Waals surface area contributed by atoms with Crippen LogP contribution < -0.4 is 4.74 Å². The molecule has 0 N–H and O–H groups in total. The Kier molecular flexibility index (Phi) is 8.17. The number of halogens is 1. The molecule has 0 unspecified atom stereocenters. The summed E-state index contributed by atoms with van der Waals surface area (Å²) >= 11 is 6.17. The summed E-state index contributed by atoms with van der Waals surface area (Å²) in [6, 6.07) is 5.45. The van der Waals surface area contributed by atoms with Gasteiger partial charge in [0.25, 0.3) is 0 Å². The molecule has 0 saturated carbocycles. The number of carbonyl (C=O) groups is 2. The highest BCUT2D eigenvalue weighted by molar-refractivity contribution is 6.31. The Morgan fingerprint density at radius 2 is 1.83 bits per heavy atom. The van der Waals surface area contributed by atoms with Crippen molar-refractivity contribution in [2.45, 2.75) is 39.3 Å². The molecule has 1 aromatic heterocycles. The zero-order valence-corrected chi connectivity index (χ0v) is 22.3. The Morgan fingerprint density at radius 3 is 2.50 bits per heavy atom. The molecule has 11 heteroatoms. The lowest BCUT2D eigenvalue weighted by molar-refractivity contribution is -0.166. The van der Waals surface area contributed by atoms with Gasteiger partial charge in [0.1, 0.15) is 36.2 Å². The second-order valence-electron chi connectivity index (χ2n) is 9.77. The lowest BCUT2D eigenvalue weighted by Crippen LogP contribution is -2.59. The smallest absolute Gasteiger partial charge is 0.244 e. The van der Waals surface area contributed by atoms with E-state index in [2.05, 4.69) is 22.0 Å². The van der Waals surface area contributed by atoms with E-state index in [0.29, 0.717) is 48.7 Å². The fraction of sp³-hybridized carbons (Fsp3) is 0.600. The summed E-state index contributed by atoms with van der Waals surface area (Å²) in [6.07, 6.45) is 0.133. The average molecular weight is 519 g/mol. The average Bonchev–Trinajstić information content (AvgIpc) is 3.16. The van der Waals surface area contributed by atoms with Gasteiger partial charge in [-0.3, -0.25) is 9.59 Å². The summed E-state index contributed by atoms with van der Waals surface area (Å²) in [5.41, 5.74) is -0.0635. The summed E-state index contributed by atoms with van der Waals surface area (Å²) in [5.74, 6) is 1.87. The van der Waals surface area contributed by atoms with Crippen molar-refractivity contribution in [3.05, 3.63) is 40.4 Å². The number of nitrogens with zero attached hydrogens (tertiary/aromatic N) is 6. The number of morpholine rings is 1. The normalized spacial score (nSPS) is 21.0. The van der Waals surface area contributed by atoms with E-state index in [0.717, 1.165) is 18.7 Å². The minimum absolute atomic E-state index is 0.0102. The van der Waals surface area contributed by atoms with Crippen molar-refractivity contribution in [2.24, 2.45) is 0 Å². The first kappa shape index (κ1) is 26.4. The van der Waals surface area contributed by atoms with Gasteiger partial charge in [-0.15, -0.1) is 0 Å². The predicted molar refractivity (Wildman–Crippen MR) is 135 cm³/mol. The zero-order valence-electron chi connectivity index (χ0n) is 21.5. The number of likely N-dealkylation sites (N-methyl/N-ethyl adjacent to an activating group) is 1. The van der Waals surface area contributed by atoms with Gasteiger partial charge in [0.05, 0.1) is 19.6 Å². The molecule has 36 heavy (non-hydrogen) atoms. The highest BCUT2D eigenvalue weighted by Crippen LogP contribution is 2.27. The van der Waals surface area contributed by atoms with Crippen LogP contribution in [-0.2, 0) is 20.9 Å². The van der Waals surface area contributed by atoms with Crippen LogP contribution in [0.15, 0.2) is 18.2 Å². The number of aromatic nitrogens is 3. The van der Waals surface area contributed by atoms with Crippen LogP contribution in [0.1, 0.15) is 23.6 Å². The SMILES string of the molecule is Cc1nc(C)n(CC(=O)N2CCO[C@](COc3ccc(Cl)c(C)c3)(CC(=O)N3CCN(C)CC3)C2)n1. The van der Waals surface area contributed by atoms with Gasteiger partial charge in [-0.2, -0.15) is 5.10 Å². The molecule has 196 valence electrons. The van der Waals surface area contributed by atoms with Crippen molar-refractivity contribution >= 4 is 23.4 Å². The van der Waals surface area contributed by atoms with Gasteiger partial charge in [0.15, 0.2) is 0 Å². The highest BCUT2D eigenvalue weighted by Gasteiger charge is 2.42. The first-order chi connectivity index (χ1) is 17.1. The van der Waals surface area contributed by atoms with Crippen molar-refractivity contribution in [1.29, 1.82) is 0 Å². The standard InChI is InChI=1S/C25H35ClN6O4/c1-18-13-21(5-6-22(18)26)35-17-25(14-23(33)30-9-7-29(4)8-10-30)16-31(11-12-36-25)24(34)15-32-20(3)27-19(2)28-32/h5-6,13H,7-12,14-17H2,1-4H3/t25-/m1/s1. The fourth-order valence-corrected chi connectivity index (χ4v) is 4.72. The summed E-state index contributed by atoms with van der Waals surface area (Å²) in [6.45, 7) is 9.80. The quantitative estimate of drug-likeness (QED) is 0.550. The number of piperazine rings is 1. The maximum Gasteiger partial charge on any atom is 0.244 e.